The van der Waals surface area contributed by atoms with E-state index in [0.29, 0.717) is 0 Å². The minimum absolute atomic E-state index is 0.0688. The average molecular weight is 602 g/mol. The molecule has 0 aliphatic carbocycles. The number of hydrogen-bond donors (Lipinski definition) is 4. The summed E-state index contributed by atoms with van der Waals surface area (Å²) in [5, 5.41) is 20.1. The van der Waals surface area contributed by atoms with Crippen LogP contribution >= 0.6 is 7.82 Å². The normalized spacial score (nSPS) is 27.7. The molecule has 0 bridgehead atoms. The van der Waals surface area contributed by atoms with Crippen molar-refractivity contribution in [2.75, 3.05) is 13.2 Å². The van der Waals surface area contributed by atoms with Crippen molar-refractivity contribution in [3.05, 3.63) is 65.2 Å². The molecule has 0 amide bonds. The zero-order valence-electron chi connectivity index (χ0n) is 22.4. The quantitative estimate of drug-likeness (QED) is 0.220. The van der Waals surface area contributed by atoms with E-state index in [2.05, 4.69) is 4.98 Å². The van der Waals surface area contributed by atoms with Gasteiger partial charge in [-0.2, -0.15) is 0 Å². The number of aliphatic hydroxyl groups excluding tert-OH is 2. The Morgan fingerprint density at radius 1 is 1.07 bits per heavy atom. The number of aryl methyl sites for hydroxylation is 2. The van der Waals surface area contributed by atoms with E-state index in [1.165, 1.54) is 33.2 Å². The first-order chi connectivity index (χ1) is 19.2. The second-order valence-electron chi connectivity index (χ2n) is 9.96. The number of aromatic amines is 1. The zero-order chi connectivity index (χ0) is 30.2. The molecule has 0 saturated carbocycles. The minimum atomic E-state index is -4.85. The van der Waals surface area contributed by atoms with Crippen LogP contribution in [0.3, 0.4) is 0 Å². The molecular weight excluding hydrogens is 571 g/mol. The molecule has 4 N–H and O–H groups in total. The van der Waals surface area contributed by atoms with E-state index in [-0.39, 0.29) is 24.0 Å². The van der Waals surface area contributed by atoms with Crippen LogP contribution < -0.4 is 22.5 Å². The lowest BCUT2D eigenvalue weighted by atomic mass is 10.2. The van der Waals surface area contributed by atoms with Gasteiger partial charge >= 0.3 is 19.2 Å². The Morgan fingerprint density at radius 2 is 1.71 bits per heavy atom. The maximum atomic E-state index is 12.9. The Labute approximate surface area is 231 Å². The van der Waals surface area contributed by atoms with Crippen molar-refractivity contribution in [2.45, 2.75) is 77.0 Å². The van der Waals surface area contributed by atoms with Crippen LogP contribution in [0.1, 0.15) is 43.3 Å². The van der Waals surface area contributed by atoms with Gasteiger partial charge in [-0.3, -0.25) is 42.1 Å². The first kappa shape index (κ1) is 30.9. The predicted molar refractivity (Wildman–Crippen MR) is 137 cm³/mol. The first-order valence-electron chi connectivity index (χ1n) is 12.6. The smallest absolute Gasteiger partial charge is 0.394 e. The Morgan fingerprint density at radius 3 is 2.37 bits per heavy atom. The molecule has 2 aromatic rings. The number of H-pyrrole nitrogens is 1. The van der Waals surface area contributed by atoms with Crippen molar-refractivity contribution in [2.24, 2.45) is 0 Å². The maximum Gasteiger partial charge on any atom is 0.472 e. The summed E-state index contributed by atoms with van der Waals surface area (Å²) < 4.78 is 37.2. The van der Waals surface area contributed by atoms with Crippen molar-refractivity contribution in [3.8, 4) is 0 Å². The van der Waals surface area contributed by atoms with Crippen LogP contribution in [0.5, 0.6) is 0 Å². The number of phosphoric ester groups is 1. The lowest BCUT2D eigenvalue weighted by Crippen LogP contribution is -2.43. The number of aliphatic hydroxyl groups is 2. The largest absolute Gasteiger partial charge is 0.472 e. The predicted octanol–water partition coefficient (Wildman–Crippen LogP) is -1.80. The summed E-state index contributed by atoms with van der Waals surface area (Å²) >= 11 is 0. The summed E-state index contributed by atoms with van der Waals surface area (Å²) in [6.45, 7) is 2.42. The topological polar surface area (TPSA) is 231 Å². The number of rotatable bonds is 10. The lowest BCUT2D eigenvalue weighted by Gasteiger charge is -2.22. The van der Waals surface area contributed by atoms with Gasteiger partial charge in [0.1, 0.15) is 36.6 Å². The van der Waals surface area contributed by atoms with E-state index < -0.39 is 92.7 Å². The molecule has 7 atom stereocenters. The Kier molecular flexibility index (Phi) is 9.10. The van der Waals surface area contributed by atoms with Crippen LogP contribution in [-0.4, -0.2) is 77.2 Å². The number of ketones is 1. The van der Waals surface area contributed by atoms with Crippen LogP contribution in [0, 0.1) is 13.8 Å². The highest BCUT2D eigenvalue weighted by atomic mass is 31.2. The average Bonchev–Trinajstić information content (AvgIpc) is 3.47. The highest BCUT2D eigenvalue weighted by Crippen LogP contribution is 2.49. The van der Waals surface area contributed by atoms with E-state index >= 15 is 0 Å². The van der Waals surface area contributed by atoms with Crippen molar-refractivity contribution in [3.63, 3.8) is 0 Å². The van der Waals surface area contributed by atoms with Gasteiger partial charge < -0.3 is 24.6 Å². The molecular formula is C23H31N4O13P. The molecule has 17 nitrogen and oxygen atoms in total. The van der Waals surface area contributed by atoms with E-state index in [1.54, 1.807) is 0 Å². The standard InChI is InChI=1S/C23H31N4O13P/c1-11-6-25(22(33)24-20(11)31)18-4-14(30)17(39-18)10-37-41(35,36)40-15-5-19(38-16(15)9-28)26-7-12(2)21(32)27(23(26)34)8-13(3)29/h6-7,14-19,28,30H,4-5,8-10H2,1-3H3,(H,35,36)(H,24,31,33)/t14-,15-,16+,17+,18+,19+/m0/s1. The second kappa shape index (κ2) is 12.1. The van der Waals surface area contributed by atoms with E-state index in [0.717, 1.165) is 13.7 Å². The molecule has 4 rings (SSSR count). The van der Waals surface area contributed by atoms with Gasteiger partial charge in [-0.15, -0.1) is 0 Å². The summed E-state index contributed by atoms with van der Waals surface area (Å²) in [6.07, 6.45) is -4.56. The number of aromatic nitrogens is 4. The summed E-state index contributed by atoms with van der Waals surface area (Å²) in [6, 6.07) is 0. The molecule has 1 unspecified atom stereocenters. The SMILES string of the molecule is CC(=O)Cn1c(=O)c(C)cn([C@H]2C[C@H](OP(=O)(O)OC[C@H]3O[C@@H](n4cc(C)c(=O)[nH]c4=O)C[C@@H]3O)[C@@H](CO)O2)c1=O. The highest BCUT2D eigenvalue weighted by Gasteiger charge is 2.43. The molecule has 0 spiro atoms. The molecule has 226 valence electrons. The number of carbonyl (C=O) groups is 1. The van der Waals surface area contributed by atoms with E-state index in [1.807, 2.05) is 0 Å². The van der Waals surface area contributed by atoms with E-state index in [4.69, 9.17) is 18.5 Å². The van der Waals surface area contributed by atoms with Crippen molar-refractivity contribution in [1.29, 1.82) is 0 Å². The van der Waals surface area contributed by atoms with Crippen molar-refractivity contribution in [1.82, 2.24) is 18.7 Å². The number of nitrogens with zero attached hydrogens (tertiary/aromatic N) is 3. The molecule has 2 fully saturated rings. The maximum absolute atomic E-state index is 12.9. The van der Waals surface area contributed by atoms with Gasteiger partial charge in [0.25, 0.3) is 11.1 Å². The Balaban J connectivity index is 1.43. The monoisotopic (exact) mass is 602 g/mol. The second-order valence-corrected chi connectivity index (χ2v) is 11.4. The summed E-state index contributed by atoms with van der Waals surface area (Å²) in [5.74, 6) is -0.426. The van der Waals surface area contributed by atoms with Crippen molar-refractivity contribution < 1.29 is 43.0 Å². The van der Waals surface area contributed by atoms with Gasteiger partial charge in [0, 0.05) is 36.4 Å². The fraction of sp³-hybridized carbons (Fsp3) is 0.609. The van der Waals surface area contributed by atoms with Crippen molar-refractivity contribution >= 4 is 13.6 Å². The third kappa shape index (κ3) is 6.73. The molecule has 18 heteroatoms. The third-order valence-corrected chi connectivity index (χ3v) is 7.76. The van der Waals surface area contributed by atoms with E-state index in [9.17, 15) is 43.6 Å². The van der Waals surface area contributed by atoms with Gasteiger partial charge in [0.15, 0.2) is 0 Å². The number of ether oxygens (including phenoxy) is 2. The summed E-state index contributed by atoms with van der Waals surface area (Å²) in [7, 11) is -4.85. The number of phosphoric acid groups is 1. The summed E-state index contributed by atoms with van der Waals surface area (Å²) in [5.41, 5.74) is -2.45. The molecule has 2 aliphatic rings. The van der Waals surface area contributed by atoms with Crippen LogP contribution in [0.2, 0.25) is 0 Å². The van der Waals surface area contributed by atoms with Gasteiger partial charge in [-0.1, -0.05) is 0 Å². The molecule has 2 saturated heterocycles. The minimum Gasteiger partial charge on any atom is -0.394 e. The summed E-state index contributed by atoms with van der Waals surface area (Å²) in [4.78, 5) is 73.1. The number of Topliss-reactive ketones (excluding diaryl/α,β-unsaturated/α-hetero) is 1. The lowest BCUT2D eigenvalue weighted by molar-refractivity contribution is -0.117. The molecule has 41 heavy (non-hydrogen) atoms. The molecule has 2 aromatic heterocycles. The van der Waals surface area contributed by atoms with Gasteiger partial charge in [-0.05, 0) is 20.8 Å². The molecule has 0 aromatic carbocycles. The van der Waals surface area contributed by atoms with Gasteiger partial charge in [-0.25, -0.2) is 14.2 Å². The highest BCUT2D eigenvalue weighted by molar-refractivity contribution is 7.47. The molecule has 0 radical (unpaired) electrons. The number of hydrogen-bond acceptors (Lipinski definition) is 12. The van der Waals surface area contributed by atoms with Crippen LogP contribution in [-0.2, 0) is 34.4 Å². The zero-order valence-corrected chi connectivity index (χ0v) is 23.3. The molecule has 2 aliphatic heterocycles. The van der Waals surface area contributed by atoms with Gasteiger partial charge in [0.2, 0.25) is 0 Å². The Bertz CT molecular complexity index is 1590. The number of nitrogens with one attached hydrogen (secondary N) is 1. The molecule has 4 heterocycles. The van der Waals surface area contributed by atoms with Crippen LogP contribution in [0.4, 0.5) is 0 Å². The number of carbonyl (C=O) groups excluding carboxylic acids is 1. The third-order valence-electron chi connectivity index (χ3n) is 6.75. The first-order valence-corrected chi connectivity index (χ1v) is 14.1. The Hall–Kier alpha value is -3.02. The fourth-order valence-corrected chi connectivity index (χ4v) is 5.64. The fourth-order valence-electron chi connectivity index (χ4n) is 4.68. The van der Waals surface area contributed by atoms with Crippen LogP contribution in [0.15, 0.2) is 31.6 Å². The van der Waals surface area contributed by atoms with Crippen LogP contribution in [0.25, 0.3) is 0 Å². The van der Waals surface area contributed by atoms with Gasteiger partial charge in [0.05, 0.1) is 25.9 Å².